The van der Waals surface area contributed by atoms with E-state index in [1.165, 1.54) is 0 Å². The Morgan fingerprint density at radius 1 is 1.10 bits per heavy atom. The monoisotopic (exact) mass is 527 g/mol. The topological polar surface area (TPSA) is 68.9 Å². The fourth-order valence-corrected chi connectivity index (χ4v) is 5.05. The first-order chi connectivity index (χ1) is 18.9. The highest BCUT2D eigenvalue weighted by Gasteiger charge is 2.33. The SMILES string of the molecule is C/C=C(\N/C(=C/CC)C1C=CCN1C(=O)C(NC)C(C)C)c1ccc(-c2ccc(C3=CN(C)ON3)cc2)cc1. The van der Waals surface area contributed by atoms with E-state index in [1.54, 1.807) is 5.06 Å². The van der Waals surface area contributed by atoms with E-state index in [0.29, 0.717) is 6.54 Å². The summed E-state index contributed by atoms with van der Waals surface area (Å²) < 4.78 is 0. The van der Waals surface area contributed by atoms with Crippen molar-refractivity contribution < 1.29 is 9.73 Å². The number of hydrogen-bond donors (Lipinski definition) is 3. The third-order valence-electron chi connectivity index (χ3n) is 7.13. The lowest BCUT2D eigenvalue weighted by Crippen LogP contribution is -2.51. The molecule has 0 saturated carbocycles. The van der Waals surface area contributed by atoms with Crippen LogP contribution in [0, 0.1) is 5.92 Å². The third-order valence-corrected chi connectivity index (χ3v) is 7.13. The van der Waals surface area contributed by atoms with Crippen LogP contribution in [0.25, 0.3) is 22.5 Å². The van der Waals surface area contributed by atoms with Gasteiger partial charge in [0.25, 0.3) is 0 Å². The van der Waals surface area contributed by atoms with Gasteiger partial charge in [0, 0.05) is 30.5 Å². The van der Waals surface area contributed by atoms with Gasteiger partial charge in [-0.15, -0.1) is 0 Å². The predicted octanol–water partition coefficient (Wildman–Crippen LogP) is 5.29. The molecule has 1 amide bonds. The van der Waals surface area contributed by atoms with E-state index in [1.807, 2.05) is 32.1 Å². The lowest BCUT2D eigenvalue weighted by molar-refractivity contribution is -0.134. The van der Waals surface area contributed by atoms with Gasteiger partial charge in [-0.1, -0.05) is 93.6 Å². The average Bonchev–Trinajstić information content (AvgIpc) is 3.61. The molecule has 0 bridgehead atoms. The van der Waals surface area contributed by atoms with Gasteiger partial charge in [-0.2, -0.15) is 4.94 Å². The van der Waals surface area contributed by atoms with E-state index in [-0.39, 0.29) is 23.9 Å². The lowest BCUT2D eigenvalue weighted by atomic mass is 10.0. The fraction of sp³-hybridized carbons (Fsp3) is 0.344. The Kier molecular flexibility index (Phi) is 9.28. The van der Waals surface area contributed by atoms with Crippen LogP contribution in [0.2, 0.25) is 0 Å². The molecular formula is C32H41N5O2. The summed E-state index contributed by atoms with van der Waals surface area (Å²) in [5, 5.41) is 8.50. The zero-order valence-corrected chi connectivity index (χ0v) is 23.9. The van der Waals surface area contributed by atoms with Crippen LogP contribution in [0.15, 0.2) is 84.7 Å². The fourth-order valence-electron chi connectivity index (χ4n) is 5.05. The Hall–Kier alpha value is -3.81. The Bertz CT molecular complexity index is 1260. The summed E-state index contributed by atoms with van der Waals surface area (Å²) in [5.41, 5.74) is 10.3. The molecule has 2 aromatic rings. The second kappa shape index (κ2) is 12.8. The highest BCUT2D eigenvalue weighted by molar-refractivity contribution is 5.84. The normalized spacial score (nSPS) is 18.4. The minimum absolute atomic E-state index is 0.116. The summed E-state index contributed by atoms with van der Waals surface area (Å²) in [4.78, 5) is 20.6. The van der Waals surface area contributed by atoms with E-state index < -0.39 is 0 Å². The number of carbonyl (C=O) groups is 1. The Morgan fingerprint density at radius 2 is 1.74 bits per heavy atom. The average molecular weight is 528 g/mol. The van der Waals surface area contributed by atoms with Crippen molar-refractivity contribution in [3.8, 4) is 11.1 Å². The number of allylic oxidation sites excluding steroid dienone is 2. The Balaban J connectivity index is 1.49. The van der Waals surface area contributed by atoms with E-state index in [9.17, 15) is 4.79 Å². The van der Waals surface area contributed by atoms with Crippen LogP contribution >= 0.6 is 0 Å². The highest BCUT2D eigenvalue weighted by Crippen LogP contribution is 2.27. The number of amides is 1. The lowest BCUT2D eigenvalue weighted by Gasteiger charge is -2.32. The van der Waals surface area contributed by atoms with Crippen LogP contribution in [0.3, 0.4) is 0 Å². The predicted molar refractivity (Wildman–Crippen MR) is 159 cm³/mol. The number of benzene rings is 2. The molecule has 0 saturated heterocycles. The molecule has 0 radical (unpaired) electrons. The molecule has 2 aliphatic rings. The van der Waals surface area contributed by atoms with Gasteiger partial charge in [0.1, 0.15) is 0 Å². The summed E-state index contributed by atoms with van der Waals surface area (Å²) in [7, 11) is 3.70. The minimum Gasteiger partial charge on any atom is -0.357 e. The maximum atomic E-state index is 13.4. The maximum absolute atomic E-state index is 13.4. The molecular weight excluding hydrogens is 486 g/mol. The first-order valence-corrected chi connectivity index (χ1v) is 13.7. The molecule has 7 heteroatoms. The van der Waals surface area contributed by atoms with Crippen molar-refractivity contribution in [1.29, 1.82) is 0 Å². The number of carbonyl (C=O) groups excluding carboxylic acids is 1. The molecule has 0 spiro atoms. The van der Waals surface area contributed by atoms with Gasteiger partial charge in [-0.3, -0.25) is 4.79 Å². The van der Waals surface area contributed by atoms with E-state index in [2.05, 4.69) is 110 Å². The molecule has 206 valence electrons. The second-order valence-electron chi connectivity index (χ2n) is 10.2. The number of rotatable bonds is 10. The summed E-state index contributed by atoms with van der Waals surface area (Å²) >= 11 is 0. The van der Waals surface area contributed by atoms with Crippen molar-refractivity contribution in [2.24, 2.45) is 5.92 Å². The zero-order valence-electron chi connectivity index (χ0n) is 23.9. The molecule has 39 heavy (non-hydrogen) atoms. The van der Waals surface area contributed by atoms with Crippen molar-refractivity contribution >= 4 is 17.3 Å². The molecule has 0 fully saturated rings. The third kappa shape index (κ3) is 6.44. The first-order valence-electron chi connectivity index (χ1n) is 13.7. The van der Waals surface area contributed by atoms with E-state index in [0.717, 1.165) is 45.8 Å². The molecule has 2 heterocycles. The highest BCUT2D eigenvalue weighted by atomic mass is 16.8. The second-order valence-corrected chi connectivity index (χ2v) is 10.2. The van der Waals surface area contributed by atoms with Crippen molar-refractivity contribution in [2.75, 3.05) is 20.6 Å². The van der Waals surface area contributed by atoms with Gasteiger partial charge in [0.2, 0.25) is 5.91 Å². The first kappa shape index (κ1) is 28.2. The van der Waals surface area contributed by atoms with Crippen LogP contribution in [0.4, 0.5) is 0 Å². The molecule has 4 rings (SSSR count). The number of nitrogens with zero attached hydrogens (tertiary/aromatic N) is 2. The maximum Gasteiger partial charge on any atom is 0.241 e. The van der Waals surface area contributed by atoms with Gasteiger partial charge >= 0.3 is 0 Å². The van der Waals surface area contributed by atoms with Gasteiger partial charge in [-0.25, -0.2) is 10.5 Å². The molecule has 2 aliphatic heterocycles. The molecule has 2 unspecified atom stereocenters. The van der Waals surface area contributed by atoms with Gasteiger partial charge < -0.3 is 15.5 Å². The molecule has 7 nitrogen and oxygen atoms in total. The Morgan fingerprint density at radius 3 is 2.28 bits per heavy atom. The smallest absolute Gasteiger partial charge is 0.241 e. The molecule has 3 N–H and O–H groups in total. The van der Waals surface area contributed by atoms with Crippen molar-refractivity contribution in [1.82, 2.24) is 26.1 Å². The van der Waals surface area contributed by atoms with Crippen LogP contribution in [0.5, 0.6) is 0 Å². The van der Waals surface area contributed by atoms with Crippen molar-refractivity contribution in [2.45, 2.75) is 46.2 Å². The quantitative estimate of drug-likeness (QED) is 0.365. The largest absolute Gasteiger partial charge is 0.357 e. The van der Waals surface area contributed by atoms with Crippen LogP contribution in [-0.4, -0.2) is 48.6 Å². The number of hydroxylamine groups is 3. The minimum atomic E-state index is -0.209. The summed E-state index contributed by atoms with van der Waals surface area (Å²) in [6.07, 6.45) is 11.3. The number of nitrogens with one attached hydrogen (secondary N) is 3. The zero-order chi connectivity index (χ0) is 27.9. The molecule has 0 aromatic heterocycles. The summed E-state index contributed by atoms with van der Waals surface area (Å²) in [6.45, 7) is 8.93. The van der Waals surface area contributed by atoms with Gasteiger partial charge in [0.15, 0.2) is 0 Å². The van der Waals surface area contributed by atoms with Crippen LogP contribution in [0.1, 0.15) is 45.2 Å². The summed E-state index contributed by atoms with van der Waals surface area (Å²) in [5.74, 6) is 0.339. The number of likely N-dealkylation sites (N-methyl/N-ethyl adjacent to an activating group) is 1. The van der Waals surface area contributed by atoms with Gasteiger partial charge in [0.05, 0.1) is 24.0 Å². The Labute approximate surface area is 232 Å². The molecule has 2 aromatic carbocycles. The molecule has 0 aliphatic carbocycles. The summed E-state index contributed by atoms with van der Waals surface area (Å²) in [6, 6.07) is 16.7. The number of hydrogen-bond acceptors (Lipinski definition) is 6. The molecule has 2 atom stereocenters. The van der Waals surface area contributed by atoms with Crippen LogP contribution < -0.4 is 16.1 Å². The van der Waals surface area contributed by atoms with E-state index >= 15 is 0 Å². The van der Waals surface area contributed by atoms with Crippen LogP contribution in [-0.2, 0) is 9.73 Å². The standard InChI is InChI=1S/C32H41N5O2/c1-7-10-28(30-11-9-20-37(30)32(38)31(33-5)22(3)4)34-27(8-2)25-16-12-23(13-17-25)24-14-18-26(19-15-24)29-21-36(6)39-35-29/h8-19,21-22,30-31,33-35H,7,20H2,1-6H3/b27-8-,28-10+. The van der Waals surface area contributed by atoms with Crippen molar-refractivity contribution in [3.63, 3.8) is 0 Å². The van der Waals surface area contributed by atoms with E-state index in [4.69, 9.17) is 4.94 Å². The van der Waals surface area contributed by atoms with Gasteiger partial charge in [-0.05, 0) is 43.0 Å². The van der Waals surface area contributed by atoms with Crippen molar-refractivity contribution in [3.05, 3.63) is 95.9 Å².